The van der Waals surface area contributed by atoms with Gasteiger partial charge in [0.2, 0.25) is 0 Å². The van der Waals surface area contributed by atoms with E-state index in [4.69, 9.17) is 9.47 Å². The second-order valence-electron chi connectivity index (χ2n) is 8.83. The van der Waals surface area contributed by atoms with Crippen LogP contribution < -0.4 is 4.74 Å². The third kappa shape index (κ3) is 6.53. The van der Waals surface area contributed by atoms with Crippen molar-refractivity contribution in [2.45, 2.75) is 66.2 Å². The number of rotatable bonds is 7. The van der Waals surface area contributed by atoms with Gasteiger partial charge in [-0.15, -0.1) is 0 Å². The molecule has 0 bridgehead atoms. The van der Waals surface area contributed by atoms with Gasteiger partial charge in [-0.2, -0.15) is 0 Å². The highest BCUT2D eigenvalue weighted by Crippen LogP contribution is 2.34. The Balaban J connectivity index is 1.85. The fourth-order valence-corrected chi connectivity index (χ4v) is 4.13. The van der Waals surface area contributed by atoms with Gasteiger partial charge in [0.1, 0.15) is 5.75 Å². The maximum atomic E-state index is 12.3. The molecule has 4 nitrogen and oxygen atoms in total. The van der Waals surface area contributed by atoms with Crippen LogP contribution in [0.25, 0.3) is 0 Å². The van der Waals surface area contributed by atoms with E-state index in [2.05, 4.69) is 46.4 Å². The van der Waals surface area contributed by atoms with Crippen molar-refractivity contribution < 1.29 is 14.3 Å². The Morgan fingerprint density at radius 1 is 1.07 bits per heavy atom. The lowest BCUT2D eigenvalue weighted by Crippen LogP contribution is -2.39. The van der Waals surface area contributed by atoms with Crippen molar-refractivity contribution >= 4 is 6.16 Å². The second kappa shape index (κ2) is 10.1. The standard InChI is InChI=1S/C23H37NO3/c1-16(2)20-9-7-10-21(17(3)4)22(20)27-23(25)26-12-8-11-24-14-18(5)13-19(6)15-24/h7,9-10,16-19H,8,11-15H2,1-6H3. The van der Waals surface area contributed by atoms with Gasteiger partial charge in [-0.25, -0.2) is 4.79 Å². The molecule has 2 rings (SSSR count). The third-order valence-corrected chi connectivity index (χ3v) is 5.29. The lowest BCUT2D eigenvalue weighted by molar-refractivity contribution is 0.0862. The number of benzene rings is 1. The summed E-state index contributed by atoms with van der Waals surface area (Å²) in [5, 5.41) is 0. The van der Waals surface area contributed by atoms with E-state index in [0.29, 0.717) is 12.4 Å². The zero-order valence-corrected chi connectivity index (χ0v) is 18.0. The first-order valence-corrected chi connectivity index (χ1v) is 10.5. The van der Waals surface area contributed by atoms with Gasteiger partial charge in [0.25, 0.3) is 0 Å². The number of ether oxygens (including phenoxy) is 2. The molecule has 2 unspecified atom stereocenters. The molecule has 0 amide bonds. The van der Waals surface area contributed by atoms with Crippen molar-refractivity contribution in [3.05, 3.63) is 29.3 Å². The fourth-order valence-electron chi connectivity index (χ4n) is 4.13. The van der Waals surface area contributed by atoms with Crippen molar-refractivity contribution in [1.82, 2.24) is 4.90 Å². The first-order chi connectivity index (χ1) is 12.8. The molecule has 4 heteroatoms. The highest BCUT2D eigenvalue weighted by atomic mass is 16.7. The number of para-hydroxylation sites is 1. The Kier molecular flexibility index (Phi) is 8.15. The predicted octanol–water partition coefficient (Wildman–Crippen LogP) is 5.82. The molecule has 152 valence electrons. The zero-order valence-electron chi connectivity index (χ0n) is 18.0. The van der Waals surface area contributed by atoms with Crippen molar-refractivity contribution in [3.63, 3.8) is 0 Å². The van der Waals surface area contributed by atoms with Crippen molar-refractivity contribution in [2.24, 2.45) is 11.8 Å². The minimum atomic E-state index is -0.592. The minimum Gasteiger partial charge on any atom is -0.434 e. The van der Waals surface area contributed by atoms with Gasteiger partial charge in [-0.1, -0.05) is 59.7 Å². The van der Waals surface area contributed by atoms with Crippen LogP contribution in [0.3, 0.4) is 0 Å². The molecule has 2 atom stereocenters. The normalized spacial score (nSPS) is 20.9. The van der Waals surface area contributed by atoms with E-state index < -0.39 is 6.16 Å². The summed E-state index contributed by atoms with van der Waals surface area (Å²) in [5.41, 5.74) is 2.10. The Hall–Kier alpha value is -1.55. The number of carbonyl (C=O) groups is 1. The van der Waals surface area contributed by atoms with Crippen molar-refractivity contribution in [3.8, 4) is 5.75 Å². The molecule has 1 aliphatic rings. The van der Waals surface area contributed by atoms with E-state index in [1.54, 1.807) is 0 Å². The summed E-state index contributed by atoms with van der Waals surface area (Å²) in [4.78, 5) is 14.7. The molecular weight excluding hydrogens is 338 g/mol. The summed E-state index contributed by atoms with van der Waals surface area (Å²) in [6.45, 7) is 16.7. The van der Waals surface area contributed by atoms with E-state index in [0.717, 1.165) is 49.0 Å². The molecule has 1 fully saturated rings. The van der Waals surface area contributed by atoms with E-state index in [1.807, 2.05) is 18.2 Å². The summed E-state index contributed by atoms with van der Waals surface area (Å²) in [5.74, 6) is 2.75. The zero-order chi connectivity index (χ0) is 20.0. The van der Waals surface area contributed by atoms with Crippen LogP contribution >= 0.6 is 0 Å². The number of hydrogen-bond donors (Lipinski definition) is 0. The first-order valence-electron chi connectivity index (χ1n) is 10.5. The lowest BCUT2D eigenvalue weighted by Gasteiger charge is -2.34. The monoisotopic (exact) mass is 375 g/mol. The SMILES string of the molecule is CC1CC(C)CN(CCCOC(=O)Oc2c(C(C)C)cccc2C(C)C)C1. The van der Waals surface area contributed by atoms with Crippen molar-refractivity contribution in [1.29, 1.82) is 0 Å². The highest BCUT2D eigenvalue weighted by Gasteiger charge is 2.22. The fraction of sp³-hybridized carbons (Fsp3) is 0.696. The van der Waals surface area contributed by atoms with Crippen LogP contribution in [0.4, 0.5) is 4.79 Å². The van der Waals surface area contributed by atoms with Gasteiger partial charge < -0.3 is 14.4 Å². The molecule has 0 radical (unpaired) electrons. The summed E-state index contributed by atoms with van der Waals surface area (Å²) >= 11 is 0. The lowest BCUT2D eigenvalue weighted by atomic mass is 9.92. The van der Waals surface area contributed by atoms with E-state index >= 15 is 0 Å². The molecular formula is C23H37NO3. The molecule has 0 N–H and O–H groups in total. The molecule has 1 heterocycles. The molecule has 0 aromatic heterocycles. The topological polar surface area (TPSA) is 38.8 Å². The Labute approximate surface area is 165 Å². The number of likely N-dealkylation sites (tertiary alicyclic amines) is 1. The molecule has 1 aromatic rings. The van der Waals surface area contributed by atoms with Crippen LogP contribution in [-0.2, 0) is 4.74 Å². The molecule has 0 saturated carbocycles. The van der Waals surface area contributed by atoms with Gasteiger partial charge in [0, 0.05) is 19.6 Å². The average Bonchev–Trinajstić information content (AvgIpc) is 2.57. The molecule has 1 aromatic carbocycles. The molecule has 27 heavy (non-hydrogen) atoms. The second-order valence-corrected chi connectivity index (χ2v) is 8.83. The van der Waals surface area contributed by atoms with Crippen LogP contribution in [0.5, 0.6) is 5.75 Å². The smallest absolute Gasteiger partial charge is 0.434 e. The summed E-state index contributed by atoms with van der Waals surface area (Å²) in [6, 6.07) is 6.08. The quantitative estimate of drug-likeness (QED) is 0.342. The average molecular weight is 376 g/mol. The summed E-state index contributed by atoms with van der Waals surface area (Å²) in [7, 11) is 0. The van der Waals surface area contributed by atoms with Crippen LogP contribution in [0.2, 0.25) is 0 Å². The molecule has 1 aliphatic heterocycles. The third-order valence-electron chi connectivity index (χ3n) is 5.29. The largest absolute Gasteiger partial charge is 0.513 e. The maximum Gasteiger partial charge on any atom is 0.513 e. The number of piperidine rings is 1. The first kappa shape index (κ1) is 21.7. The van der Waals surface area contributed by atoms with Gasteiger partial charge >= 0.3 is 6.16 Å². The molecule has 0 spiro atoms. The number of carbonyl (C=O) groups excluding carboxylic acids is 1. The van der Waals surface area contributed by atoms with Crippen LogP contribution in [0.15, 0.2) is 18.2 Å². The Morgan fingerprint density at radius 2 is 1.63 bits per heavy atom. The van der Waals surface area contributed by atoms with Gasteiger partial charge in [-0.3, -0.25) is 0 Å². The maximum absolute atomic E-state index is 12.3. The van der Waals surface area contributed by atoms with E-state index in [9.17, 15) is 4.79 Å². The molecule has 0 aliphatic carbocycles. The number of hydrogen-bond acceptors (Lipinski definition) is 4. The minimum absolute atomic E-state index is 0.287. The van der Waals surface area contributed by atoms with Crippen LogP contribution in [0.1, 0.15) is 77.3 Å². The Bertz CT molecular complexity index is 575. The summed E-state index contributed by atoms with van der Waals surface area (Å²) in [6.07, 6.45) is 1.56. The summed E-state index contributed by atoms with van der Waals surface area (Å²) < 4.78 is 11.0. The van der Waals surface area contributed by atoms with Gasteiger partial charge in [0.05, 0.1) is 6.61 Å². The predicted molar refractivity (Wildman–Crippen MR) is 111 cm³/mol. The van der Waals surface area contributed by atoms with E-state index in [-0.39, 0.29) is 11.8 Å². The van der Waals surface area contributed by atoms with Gasteiger partial charge in [0.15, 0.2) is 0 Å². The van der Waals surface area contributed by atoms with Crippen molar-refractivity contribution in [2.75, 3.05) is 26.2 Å². The van der Waals surface area contributed by atoms with Gasteiger partial charge in [-0.05, 0) is 47.6 Å². The van der Waals surface area contributed by atoms with E-state index in [1.165, 1.54) is 6.42 Å². The molecule has 1 saturated heterocycles. The van der Waals surface area contributed by atoms with Crippen LogP contribution in [0, 0.1) is 11.8 Å². The highest BCUT2D eigenvalue weighted by molar-refractivity contribution is 5.66. The number of nitrogens with zero attached hydrogens (tertiary/aromatic N) is 1. The Morgan fingerprint density at radius 3 is 2.15 bits per heavy atom. The van der Waals surface area contributed by atoms with Crippen LogP contribution in [-0.4, -0.2) is 37.3 Å².